The number of rotatable bonds is 2. The molecular formula is C12H15NO. The van der Waals surface area contributed by atoms with Crippen molar-refractivity contribution in [3.05, 3.63) is 35.9 Å². The molecule has 1 aliphatic heterocycles. The van der Waals surface area contributed by atoms with Gasteiger partial charge in [0.25, 0.3) is 0 Å². The van der Waals surface area contributed by atoms with Crippen molar-refractivity contribution in [3.63, 3.8) is 0 Å². The highest BCUT2D eigenvalue weighted by Crippen LogP contribution is 2.20. The smallest absolute Gasteiger partial charge is 0.220 e. The number of nitrogens with one attached hydrogen (secondary N) is 1. The van der Waals surface area contributed by atoms with Crippen molar-refractivity contribution in [3.8, 4) is 0 Å². The van der Waals surface area contributed by atoms with Crippen molar-refractivity contribution in [2.24, 2.45) is 5.92 Å². The Morgan fingerprint density at radius 3 is 2.64 bits per heavy atom. The molecule has 1 heterocycles. The summed E-state index contributed by atoms with van der Waals surface area (Å²) in [5.74, 6) is 0.656. The molecule has 74 valence electrons. The van der Waals surface area contributed by atoms with Crippen LogP contribution in [0.25, 0.3) is 0 Å². The lowest BCUT2D eigenvalue weighted by Gasteiger charge is -2.13. The van der Waals surface area contributed by atoms with Gasteiger partial charge in [0.15, 0.2) is 0 Å². The summed E-state index contributed by atoms with van der Waals surface area (Å²) in [5, 5.41) is 2.95. The van der Waals surface area contributed by atoms with Gasteiger partial charge in [-0.3, -0.25) is 4.79 Å². The van der Waals surface area contributed by atoms with E-state index in [2.05, 4.69) is 24.4 Å². The number of carbonyl (C=O) groups is 1. The fourth-order valence-corrected chi connectivity index (χ4v) is 2.01. The zero-order chi connectivity index (χ0) is 9.97. The molecule has 2 rings (SSSR count). The molecule has 1 fully saturated rings. The second-order valence-corrected chi connectivity index (χ2v) is 4.01. The maximum atomic E-state index is 11.1. The molecule has 0 aromatic heterocycles. The summed E-state index contributed by atoms with van der Waals surface area (Å²) < 4.78 is 0. The molecule has 1 unspecified atom stereocenters. The molecule has 2 nitrogen and oxygen atoms in total. The summed E-state index contributed by atoms with van der Waals surface area (Å²) in [6.45, 7) is 2.08. The van der Waals surface area contributed by atoms with E-state index in [1.54, 1.807) is 0 Å². The second-order valence-electron chi connectivity index (χ2n) is 4.01. The Kier molecular flexibility index (Phi) is 2.53. The highest BCUT2D eigenvalue weighted by Gasteiger charge is 2.28. The fourth-order valence-electron chi connectivity index (χ4n) is 2.01. The monoisotopic (exact) mass is 189 g/mol. The maximum absolute atomic E-state index is 11.1. The van der Waals surface area contributed by atoms with E-state index in [-0.39, 0.29) is 5.91 Å². The highest BCUT2D eigenvalue weighted by molar-refractivity contribution is 5.78. The molecule has 0 bridgehead atoms. The Bertz CT molecular complexity index is 320. The summed E-state index contributed by atoms with van der Waals surface area (Å²) in [6.07, 6.45) is 1.68. The van der Waals surface area contributed by atoms with E-state index < -0.39 is 0 Å². The normalized spacial score (nSPS) is 26.2. The first-order chi connectivity index (χ1) is 6.75. The molecule has 14 heavy (non-hydrogen) atoms. The molecule has 1 amide bonds. The Morgan fingerprint density at radius 1 is 1.36 bits per heavy atom. The van der Waals surface area contributed by atoms with Crippen molar-refractivity contribution in [2.45, 2.75) is 25.8 Å². The third kappa shape index (κ3) is 1.95. The molecule has 1 aliphatic rings. The number of carbonyl (C=O) groups excluding carboxylic acids is 1. The third-order valence-corrected chi connectivity index (χ3v) is 2.88. The number of benzene rings is 1. The first-order valence-corrected chi connectivity index (χ1v) is 5.09. The van der Waals surface area contributed by atoms with Gasteiger partial charge in [-0.2, -0.15) is 0 Å². The summed E-state index contributed by atoms with van der Waals surface area (Å²) in [7, 11) is 0. The summed E-state index contributed by atoms with van der Waals surface area (Å²) in [6, 6.07) is 10.7. The molecule has 1 aromatic carbocycles. The predicted octanol–water partition coefficient (Wildman–Crippen LogP) is 1.75. The SMILES string of the molecule is C[C@H]1NC(=O)CC1Cc1ccccc1. The van der Waals surface area contributed by atoms with Gasteiger partial charge in [0.2, 0.25) is 5.91 Å². The van der Waals surface area contributed by atoms with E-state index >= 15 is 0 Å². The molecule has 2 heteroatoms. The van der Waals surface area contributed by atoms with Crippen molar-refractivity contribution >= 4 is 5.91 Å². The zero-order valence-electron chi connectivity index (χ0n) is 8.36. The van der Waals surface area contributed by atoms with E-state index in [9.17, 15) is 4.79 Å². The number of hydrogen-bond acceptors (Lipinski definition) is 1. The molecule has 0 aliphatic carbocycles. The van der Waals surface area contributed by atoms with Crippen LogP contribution in [0.2, 0.25) is 0 Å². The van der Waals surface area contributed by atoms with Crippen LogP contribution in [0.1, 0.15) is 18.9 Å². The number of amides is 1. The van der Waals surface area contributed by atoms with Crippen LogP contribution < -0.4 is 5.32 Å². The minimum atomic E-state index is 0.193. The van der Waals surface area contributed by atoms with Crippen LogP contribution in [0.4, 0.5) is 0 Å². The highest BCUT2D eigenvalue weighted by atomic mass is 16.1. The summed E-state index contributed by atoms with van der Waals surface area (Å²) in [5.41, 5.74) is 1.32. The molecular weight excluding hydrogens is 174 g/mol. The Labute approximate surface area is 84.3 Å². The summed E-state index contributed by atoms with van der Waals surface area (Å²) in [4.78, 5) is 11.1. The molecule has 1 N–H and O–H groups in total. The lowest BCUT2D eigenvalue weighted by Crippen LogP contribution is -2.26. The van der Waals surface area contributed by atoms with E-state index in [4.69, 9.17) is 0 Å². The molecule has 2 atom stereocenters. The van der Waals surface area contributed by atoms with Crippen LogP contribution in [-0.4, -0.2) is 11.9 Å². The van der Waals surface area contributed by atoms with Crippen LogP contribution in [0, 0.1) is 5.92 Å². The zero-order valence-corrected chi connectivity index (χ0v) is 8.36. The lowest BCUT2D eigenvalue weighted by atomic mass is 9.93. The van der Waals surface area contributed by atoms with Crippen LogP contribution in [0.15, 0.2) is 30.3 Å². The van der Waals surface area contributed by atoms with E-state index in [0.29, 0.717) is 18.4 Å². The Balaban J connectivity index is 2.02. The minimum absolute atomic E-state index is 0.193. The third-order valence-electron chi connectivity index (χ3n) is 2.88. The van der Waals surface area contributed by atoms with Crippen molar-refractivity contribution in [1.82, 2.24) is 5.32 Å². The Hall–Kier alpha value is -1.31. The van der Waals surface area contributed by atoms with E-state index in [0.717, 1.165) is 6.42 Å². The second kappa shape index (κ2) is 3.82. The van der Waals surface area contributed by atoms with Gasteiger partial charge >= 0.3 is 0 Å². The largest absolute Gasteiger partial charge is 0.353 e. The van der Waals surface area contributed by atoms with Gasteiger partial charge in [-0.25, -0.2) is 0 Å². The lowest BCUT2D eigenvalue weighted by molar-refractivity contribution is -0.119. The molecule has 0 spiro atoms. The topological polar surface area (TPSA) is 29.1 Å². The molecule has 1 saturated heterocycles. The van der Waals surface area contributed by atoms with Gasteiger partial charge in [-0.15, -0.1) is 0 Å². The molecule has 1 aromatic rings. The number of hydrogen-bond donors (Lipinski definition) is 1. The summed E-state index contributed by atoms with van der Waals surface area (Å²) >= 11 is 0. The van der Waals surface area contributed by atoms with Gasteiger partial charge in [0.05, 0.1) is 0 Å². The van der Waals surface area contributed by atoms with Crippen molar-refractivity contribution < 1.29 is 4.79 Å². The van der Waals surface area contributed by atoms with Crippen LogP contribution in [0.5, 0.6) is 0 Å². The van der Waals surface area contributed by atoms with Crippen LogP contribution >= 0.6 is 0 Å². The maximum Gasteiger partial charge on any atom is 0.220 e. The molecule has 0 radical (unpaired) electrons. The standard InChI is InChI=1S/C12H15NO/c1-9-11(8-12(14)13-9)7-10-5-3-2-4-6-10/h2-6,9,11H,7-8H2,1H3,(H,13,14)/t9-,11?/m1/s1. The fraction of sp³-hybridized carbons (Fsp3) is 0.417. The average molecular weight is 189 g/mol. The van der Waals surface area contributed by atoms with Gasteiger partial charge in [0, 0.05) is 12.5 Å². The van der Waals surface area contributed by atoms with Gasteiger partial charge in [-0.1, -0.05) is 30.3 Å². The van der Waals surface area contributed by atoms with Gasteiger partial charge < -0.3 is 5.32 Å². The first kappa shape index (κ1) is 9.25. The first-order valence-electron chi connectivity index (χ1n) is 5.09. The quantitative estimate of drug-likeness (QED) is 0.754. The minimum Gasteiger partial charge on any atom is -0.353 e. The Morgan fingerprint density at radius 2 is 2.07 bits per heavy atom. The molecule has 0 saturated carbocycles. The average Bonchev–Trinajstić information content (AvgIpc) is 2.47. The van der Waals surface area contributed by atoms with Crippen molar-refractivity contribution in [1.29, 1.82) is 0 Å². The van der Waals surface area contributed by atoms with Gasteiger partial charge in [-0.05, 0) is 24.8 Å². The van der Waals surface area contributed by atoms with Gasteiger partial charge in [0.1, 0.15) is 0 Å². The van der Waals surface area contributed by atoms with E-state index in [1.807, 2.05) is 18.2 Å². The van der Waals surface area contributed by atoms with Crippen molar-refractivity contribution in [2.75, 3.05) is 0 Å². The van der Waals surface area contributed by atoms with E-state index in [1.165, 1.54) is 5.56 Å². The predicted molar refractivity (Wildman–Crippen MR) is 55.9 cm³/mol. The van der Waals surface area contributed by atoms with Crippen LogP contribution in [0.3, 0.4) is 0 Å². The van der Waals surface area contributed by atoms with Crippen LogP contribution in [-0.2, 0) is 11.2 Å².